The number of primary amides is 1. The number of piperazine rings is 1. The van der Waals surface area contributed by atoms with E-state index in [1.165, 1.54) is 11.1 Å². The second-order valence-electron chi connectivity index (χ2n) is 11.3. The van der Waals surface area contributed by atoms with Crippen LogP contribution < -0.4 is 5.73 Å². The molecular formula is C29H39ClN4O2. The van der Waals surface area contributed by atoms with Gasteiger partial charge in [-0.1, -0.05) is 74.8 Å². The number of nitrogens with zero attached hydrogens (tertiary/aromatic N) is 3. The Labute approximate surface area is 220 Å². The fourth-order valence-electron chi connectivity index (χ4n) is 5.69. The minimum Gasteiger partial charge on any atom is -0.351 e. The van der Waals surface area contributed by atoms with E-state index in [0.29, 0.717) is 32.0 Å². The summed E-state index contributed by atoms with van der Waals surface area (Å²) in [6.45, 7) is 10.3. The molecule has 2 fully saturated rings. The lowest BCUT2D eigenvalue weighted by Gasteiger charge is -2.50. The van der Waals surface area contributed by atoms with Crippen LogP contribution in [0.2, 0.25) is 5.02 Å². The van der Waals surface area contributed by atoms with E-state index < -0.39 is 0 Å². The predicted molar refractivity (Wildman–Crippen MR) is 145 cm³/mol. The Morgan fingerprint density at radius 2 is 1.56 bits per heavy atom. The number of rotatable bonds is 5. The van der Waals surface area contributed by atoms with Crippen LogP contribution in [0.4, 0.5) is 4.79 Å². The lowest BCUT2D eigenvalue weighted by Crippen LogP contribution is -2.60. The van der Waals surface area contributed by atoms with Crippen molar-refractivity contribution in [2.24, 2.45) is 17.1 Å². The quantitative estimate of drug-likeness (QED) is 0.603. The van der Waals surface area contributed by atoms with Crippen LogP contribution in [-0.4, -0.2) is 65.4 Å². The maximum Gasteiger partial charge on any atom is 0.314 e. The van der Waals surface area contributed by atoms with Crippen molar-refractivity contribution >= 4 is 23.5 Å². The standard InChI is InChI=1S/C29H39ClN4O2/c1-29(2,3)25-20-33(27(22-7-5-4-6-8-22)23-9-11-24(30)12-10-23)17-18-34(25)26(35)19-21-13-15-32(16-14-21)28(31)36/h4-12,21,25,27H,13-20H2,1-3H3,(H2,31,36). The summed E-state index contributed by atoms with van der Waals surface area (Å²) in [5.74, 6) is 0.535. The molecule has 2 N–H and O–H groups in total. The molecule has 0 saturated carbocycles. The number of hydrogen-bond acceptors (Lipinski definition) is 3. The number of halogens is 1. The topological polar surface area (TPSA) is 69.9 Å². The van der Waals surface area contributed by atoms with E-state index in [0.717, 1.165) is 31.0 Å². The highest BCUT2D eigenvalue weighted by Crippen LogP contribution is 2.36. The summed E-state index contributed by atoms with van der Waals surface area (Å²) in [5, 5.41) is 0.732. The summed E-state index contributed by atoms with van der Waals surface area (Å²) in [6, 6.07) is 18.6. The van der Waals surface area contributed by atoms with Gasteiger partial charge in [-0.05, 0) is 47.4 Å². The molecule has 2 heterocycles. The van der Waals surface area contributed by atoms with E-state index in [1.54, 1.807) is 4.90 Å². The van der Waals surface area contributed by atoms with Crippen molar-refractivity contribution in [2.75, 3.05) is 32.7 Å². The molecule has 0 aliphatic carbocycles. The minimum atomic E-state index is -0.364. The maximum atomic E-state index is 13.6. The first kappa shape index (κ1) is 26.5. The van der Waals surface area contributed by atoms with Crippen molar-refractivity contribution in [2.45, 2.75) is 52.1 Å². The highest BCUT2D eigenvalue weighted by Gasteiger charge is 2.40. The first-order chi connectivity index (χ1) is 17.1. The first-order valence-electron chi connectivity index (χ1n) is 13.0. The molecule has 2 aromatic carbocycles. The molecule has 2 aliphatic heterocycles. The highest BCUT2D eigenvalue weighted by atomic mass is 35.5. The Morgan fingerprint density at radius 3 is 2.14 bits per heavy atom. The zero-order valence-electron chi connectivity index (χ0n) is 21.7. The number of amides is 3. The van der Waals surface area contributed by atoms with Crippen molar-refractivity contribution in [3.8, 4) is 0 Å². The molecule has 2 unspecified atom stereocenters. The number of urea groups is 1. The smallest absolute Gasteiger partial charge is 0.314 e. The molecule has 0 bridgehead atoms. The van der Waals surface area contributed by atoms with Crippen LogP contribution in [0.3, 0.4) is 0 Å². The molecule has 3 amide bonds. The third kappa shape index (κ3) is 6.22. The van der Waals surface area contributed by atoms with Gasteiger partial charge in [-0.25, -0.2) is 4.79 Å². The molecule has 0 radical (unpaired) electrons. The van der Waals surface area contributed by atoms with Crippen LogP contribution in [-0.2, 0) is 4.79 Å². The van der Waals surface area contributed by atoms with Crippen molar-refractivity contribution in [3.05, 3.63) is 70.7 Å². The van der Waals surface area contributed by atoms with E-state index in [2.05, 4.69) is 67.0 Å². The van der Waals surface area contributed by atoms with Crippen molar-refractivity contribution < 1.29 is 9.59 Å². The van der Waals surface area contributed by atoms with Crippen LogP contribution in [0, 0.1) is 11.3 Å². The van der Waals surface area contributed by atoms with Crippen molar-refractivity contribution in [1.29, 1.82) is 0 Å². The molecular weight excluding hydrogens is 472 g/mol. The third-order valence-electron chi connectivity index (χ3n) is 7.79. The molecule has 7 heteroatoms. The van der Waals surface area contributed by atoms with Gasteiger partial charge in [0.25, 0.3) is 0 Å². The van der Waals surface area contributed by atoms with E-state index >= 15 is 0 Å². The third-order valence-corrected chi connectivity index (χ3v) is 8.04. The van der Waals surface area contributed by atoms with Gasteiger partial charge in [0.1, 0.15) is 0 Å². The molecule has 2 aliphatic rings. The van der Waals surface area contributed by atoms with Gasteiger partial charge in [0.05, 0.1) is 6.04 Å². The van der Waals surface area contributed by atoms with E-state index in [-0.39, 0.29) is 29.4 Å². The zero-order chi connectivity index (χ0) is 25.9. The van der Waals surface area contributed by atoms with E-state index in [9.17, 15) is 9.59 Å². The molecule has 2 atom stereocenters. The van der Waals surface area contributed by atoms with Crippen LogP contribution in [0.5, 0.6) is 0 Å². The van der Waals surface area contributed by atoms with Crippen LogP contribution in [0.15, 0.2) is 54.6 Å². The number of piperidine rings is 1. The number of benzene rings is 2. The molecule has 2 aromatic rings. The molecule has 36 heavy (non-hydrogen) atoms. The number of nitrogens with two attached hydrogens (primary N) is 1. The second kappa shape index (κ2) is 11.2. The Hall–Kier alpha value is -2.57. The number of hydrogen-bond donors (Lipinski definition) is 1. The SMILES string of the molecule is CC(C)(C)C1CN(C(c2ccccc2)c2ccc(Cl)cc2)CCN1C(=O)CC1CCN(C(N)=O)CC1. The summed E-state index contributed by atoms with van der Waals surface area (Å²) in [4.78, 5) is 31.4. The lowest BCUT2D eigenvalue weighted by atomic mass is 9.82. The minimum absolute atomic E-state index is 0.0646. The molecule has 194 valence electrons. The predicted octanol–water partition coefficient (Wildman–Crippen LogP) is 5.17. The Morgan fingerprint density at radius 1 is 0.944 bits per heavy atom. The van der Waals surface area contributed by atoms with Gasteiger partial charge in [-0.3, -0.25) is 9.69 Å². The van der Waals surface area contributed by atoms with Gasteiger partial charge in [0.2, 0.25) is 5.91 Å². The van der Waals surface area contributed by atoms with Crippen molar-refractivity contribution in [1.82, 2.24) is 14.7 Å². The van der Waals surface area contributed by atoms with Crippen LogP contribution in [0.1, 0.15) is 57.2 Å². The van der Waals surface area contributed by atoms with Gasteiger partial charge in [-0.15, -0.1) is 0 Å². The van der Waals surface area contributed by atoms with Gasteiger partial charge >= 0.3 is 6.03 Å². The number of carbonyl (C=O) groups is 2. The Balaban J connectivity index is 1.52. The van der Waals surface area contributed by atoms with Gasteiger partial charge < -0.3 is 15.5 Å². The molecule has 0 aromatic heterocycles. The summed E-state index contributed by atoms with van der Waals surface area (Å²) in [6.07, 6.45) is 2.21. The average Bonchev–Trinajstić information content (AvgIpc) is 2.86. The van der Waals surface area contributed by atoms with Crippen LogP contribution in [0.25, 0.3) is 0 Å². The van der Waals surface area contributed by atoms with Gasteiger partial charge in [0.15, 0.2) is 0 Å². The normalized spacial score (nSPS) is 20.8. The number of carbonyl (C=O) groups excluding carboxylic acids is 2. The molecule has 6 nitrogen and oxygen atoms in total. The fourth-order valence-corrected chi connectivity index (χ4v) is 5.82. The van der Waals surface area contributed by atoms with Crippen molar-refractivity contribution in [3.63, 3.8) is 0 Å². The Bertz CT molecular complexity index is 1030. The average molecular weight is 511 g/mol. The highest BCUT2D eigenvalue weighted by molar-refractivity contribution is 6.30. The van der Waals surface area contributed by atoms with Crippen LogP contribution >= 0.6 is 11.6 Å². The van der Waals surface area contributed by atoms with E-state index in [4.69, 9.17) is 17.3 Å². The fraction of sp³-hybridized carbons (Fsp3) is 0.517. The summed E-state index contributed by atoms with van der Waals surface area (Å²) >= 11 is 6.21. The second-order valence-corrected chi connectivity index (χ2v) is 11.7. The summed E-state index contributed by atoms with van der Waals surface area (Å²) in [7, 11) is 0. The monoisotopic (exact) mass is 510 g/mol. The largest absolute Gasteiger partial charge is 0.351 e. The lowest BCUT2D eigenvalue weighted by molar-refractivity contribution is -0.141. The molecule has 0 spiro atoms. The Kier molecular flexibility index (Phi) is 8.26. The summed E-state index contributed by atoms with van der Waals surface area (Å²) < 4.78 is 0. The van der Waals surface area contributed by atoms with Gasteiger partial charge in [0, 0.05) is 50.2 Å². The van der Waals surface area contributed by atoms with E-state index in [1.807, 2.05) is 18.2 Å². The zero-order valence-corrected chi connectivity index (χ0v) is 22.5. The number of likely N-dealkylation sites (tertiary alicyclic amines) is 1. The summed E-state index contributed by atoms with van der Waals surface area (Å²) in [5.41, 5.74) is 7.81. The van der Waals surface area contributed by atoms with Gasteiger partial charge in [-0.2, -0.15) is 0 Å². The molecule has 2 saturated heterocycles. The maximum absolute atomic E-state index is 13.6. The first-order valence-corrected chi connectivity index (χ1v) is 13.4. The molecule has 4 rings (SSSR count).